The van der Waals surface area contributed by atoms with Gasteiger partial charge in [-0.15, -0.1) is 11.3 Å². The van der Waals surface area contributed by atoms with E-state index in [4.69, 9.17) is 23.2 Å². The first-order valence-corrected chi connectivity index (χ1v) is 8.93. The van der Waals surface area contributed by atoms with Crippen molar-refractivity contribution in [3.63, 3.8) is 0 Å². The maximum atomic E-state index is 9.92. The summed E-state index contributed by atoms with van der Waals surface area (Å²) in [4.78, 5) is 4.80. The number of rotatable bonds is 3. The fourth-order valence-electron chi connectivity index (χ4n) is 2.22. The lowest BCUT2D eigenvalue weighted by molar-refractivity contribution is 0.367. The zero-order valence-corrected chi connectivity index (χ0v) is 15.7. The first kappa shape index (κ1) is 18.3. The molecule has 0 bridgehead atoms. The zero-order chi connectivity index (χ0) is 18.8. The molecule has 0 radical (unpaired) electrons. The van der Waals surface area contributed by atoms with Crippen LogP contribution in [0.25, 0.3) is 11.3 Å². The van der Waals surface area contributed by atoms with Crippen LogP contribution in [0, 0.1) is 0 Å². The number of thiazole rings is 1. The van der Waals surface area contributed by atoms with E-state index in [9.17, 15) is 15.3 Å². The van der Waals surface area contributed by atoms with Crippen molar-refractivity contribution in [3.05, 3.63) is 56.1 Å². The fourth-order valence-corrected chi connectivity index (χ4v) is 3.33. The van der Waals surface area contributed by atoms with Gasteiger partial charge in [-0.05, 0) is 24.3 Å². The van der Waals surface area contributed by atoms with Crippen molar-refractivity contribution in [1.82, 2.24) is 4.68 Å². The molecule has 0 aliphatic carbocycles. The first-order chi connectivity index (χ1) is 12.4. The molecule has 2 aromatic carbocycles. The van der Waals surface area contributed by atoms with Crippen LogP contribution in [-0.2, 0) is 0 Å². The molecule has 0 amide bonds. The maximum absolute atomic E-state index is 9.92. The Bertz CT molecular complexity index is 1070. The smallest absolute Gasteiger partial charge is 0.205 e. The summed E-state index contributed by atoms with van der Waals surface area (Å²) >= 11 is 13.4. The molecule has 0 saturated carbocycles. The molecule has 0 saturated heterocycles. The predicted molar refractivity (Wildman–Crippen MR) is 104 cm³/mol. The summed E-state index contributed by atoms with van der Waals surface area (Å²) in [6, 6.07) is 7.92. The van der Waals surface area contributed by atoms with E-state index in [1.54, 1.807) is 23.9 Å². The first-order valence-electron chi connectivity index (χ1n) is 7.29. The van der Waals surface area contributed by atoms with Gasteiger partial charge in [0.2, 0.25) is 10.6 Å². The number of phenolic OH excluding ortho intramolecular Hbond substituents is 3. The van der Waals surface area contributed by atoms with Gasteiger partial charge < -0.3 is 15.3 Å². The highest BCUT2D eigenvalue weighted by molar-refractivity contribution is 7.07. The van der Waals surface area contributed by atoms with Gasteiger partial charge in [-0.25, -0.2) is 4.68 Å². The largest absolute Gasteiger partial charge is 0.504 e. The molecule has 1 heterocycles. The molecule has 0 atom stereocenters. The molecule has 3 N–H and O–H groups in total. The molecule has 0 unspecified atom stereocenters. The summed E-state index contributed by atoms with van der Waals surface area (Å²) in [5.74, 6) is -1.48. The standard InChI is InChI=1S/C17H13Cl2N3O3S/c1-20-17-22(21-7-10-3-5-14(23)16(25)15(10)24)13(8-26-17)9-2-4-11(18)12(19)6-9/h2-8,23-25H,1H3. The third-order valence-corrected chi connectivity index (χ3v) is 5.21. The van der Waals surface area contributed by atoms with Gasteiger partial charge in [0.15, 0.2) is 11.5 Å². The van der Waals surface area contributed by atoms with Gasteiger partial charge in [-0.2, -0.15) is 5.10 Å². The maximum Gasteiger partial charge on any atom is 0.205 e. The van der Waals surface area contributed by atoms with Gasteiger partial charge in [0.1, 0.15) is 0 Å². The minimum absolute atomic E-state index is 0.237. The van der Waals surface area contributed by atoms with Crippen LogP contribution in [0.1, 0.15) is 5.56 Å². The Kier molecular flexibility index (Phi) is 5.22. The Morgan fingerprint density at radius 1 is 1.04 bits per heavy atom. The average Bonchev–Trinajstić information content (AvgIpc) is 3.04. The summed E-state index contributed by atoms with van der Waals surface area (Å²) in [5.41, 5.74) is 1.76. The van der Waals surface area contributed by atoms with Crippen molar-refractivity contribution >= 4 is 40.8 Å². The van der Waals surface area contributed by atoms with Gasteiger partial charge in [-0.1, -0.05) is 29.3 Å². The third-order valence-electron chi connectivity index (χ3n) is 3.57. The van der Waals surface area contributed by atoms with Crippen LogP contribution >= 0.6 is 34.5 Å². The molecule has 0 fully saturated rings. The Balaban J connectivity index is 2.09. The molecule has 1 aromatic heterocycles. The third kappa shape index (κ3) is 3.41. The lowest BCUT2D eigenvalue weighted by Gasteiger charge is -2.06. The number of benzene rings is 2. The number of hydrogen-bond acceptors (Lipinski definition) is 6. The Labute approximate surface area is 162 Å². The number of aromatic hydroxyl groups is 3. The SMILES string of the molecule is CN=c1scc(-c2ccc(Cl)c(Cl)c2)n1N=Cc1ccc(O)c(O)c1O. The number of hydrogen-bond donors (Lipinski definition) is 3. The van der Waals surface area contributed by atoms with Crippen molar-refractivity contribution in [1.29, 1.82) is 0 Å². The summed E-state index contributed by atoms with van der Waals surface area (Å²) in [5, 5.41) is 36.0. The van der Waals surface area contributed by atoms with E-state index in [0.717, 1.165) is 11.3 Å². The molecule has 3 rings (SSSR count). The monoisotopic (exact) mass is 409 g/mol. The summed E-state index contributed by atoms with van der Waals surface area (Å²) in [7, 11) is 1.64. The van der Waals surface area contributed by atoms with Gasteiger partial charge in [0.25, 0.3) is 0 Å². The van der Waals surface area contributed by atoms with Crippen LogP contribution in [0.3, 0.4) is 0 Å². The molecule has 0 aliphatic rings. The predicted octanol–water partition coefficient (Wildman–Crippen LogP) is 4.05. The molecular weight excluding hydrogens is 397 g/mol. The summed E-state index contributed by atoms with van der Waals surface area (Å²) < 4.78 is 1.58. The van der Waals surface area contributed by atoms with Crippen molar-refractivity contribution in [3.8, 4) is 28.5 Å². The number of halogens is 2. The molecule has 3 aromatic rings. The highest BCUT2D eigenvalue weighted by atomic mass is 35.5. The van der Waals surface area contributed by atoms with E-state index < -0.39 is 17.2 Å². The van der Waals surface area contributed by atoms with Crippen LogP contribution in [0.4, 0.5) is 0 Å². The van der Waals surface area contributed by atoms with Crippen LogP contribution < -0.4 is 4.80 Å². The lowest BCUT2D eigenvalue weighted by atomic mass is 10.2. The summed E-state index contributed by atoms with van der Waals surface area (Å²) in [6.07, 6.45) is 1.36. The second-order valence-electron chi connectivity index (χ2n) is 5.18. The molecule has 0 aliphatic heterocycles. The van der Waals surface area contributed by atoms with Gasteiger partial charge in [0.05, 0.1) is 22.0 Å². The van der Waals surface area contributed by atoms with Crippen LogP contribution in [0.2, 0.25) is 10.0 Å². The normalized spacial score (nSPS) is 12.2. The van der Waals surface area contributed by atoms with Crippen LogP contribution in [0.5, 0.6) is 17.2 Å². The minimum atomic E-state index is -0.602. The van der Waals surface area contributed by atoms with Crippen molar-refractivity contribution in [2.75, 3.05) is 7.05 Å². The Morgan fingerprint density at radius 3 is 2.50 bits per heavy atom. The quantitative estimate of drug-likeness (QED) is 0.450. The number of phenols is 3. The van der Waals surface area contributed by atoms with E-state index in [1.165, 1.54) is 29.7 Å². The molecule has 6 nitrogen and oxygen atoms in total. The fraction of sp³-hybridized carbons (Fsp3) is 0.0588. The molecular formula is C17H13Cl2N3O3S. The van der Waals surface area contributed by atoms with E-state index in [0.29, 0.717) is 14.8 Å². The van der Waals surface area contributed by atoms with Crippen LogP contribution in [-0.4, -0.2) is 33.3 Å². The summed E-state index contributed by atoms with van der Waals surface area (Å²) in [6.45, 7) is 0. The van der Waals surface area contributed by atoms with E-state index in [1.807, 2.05) is 11.4 Å². The molecule has 134 valence electrons. The topological polar surface area (TPSA) is 90.3 Å². The van der Waals surface area contributed by atoms with E-state index >= 15 is 0 Å². The highest BCUT2D eigenvalue weighted by Gasteiger charge is 2.11. The Morgan fingerprint density at radius 2 is 1.81 bits per heavy atom. The minimum Gasteiger partial charge on any atom is -0.504 e. The van der Waals surface area contributed by atoms with Crippen LogP contribution in [0.15, 0.2) is 45.8 Å². The number of nitrogens with zero attached hydrogens (tertiary/aromatic N) is 3. The van der Waals surface area contributed by atoms with Gasteiger partial charge in [-0.3, -0.25) is 4.99 Å². The lowest BCUT2D eigenvalue weighted by Crippen LogP contribution is -2.11. The van der Waals surface area contributed by atoms with Gasteiger partial charge >= 0.3 is 0 Å². The molecule has 0 spiro atoms. The Hall–Kier alpha value is -2.48. The highest BCUT2D eigenvalue weighted by Crippen LogP contribution is 2.36. The van der Waals surface area contributed by atoms with E-state index in [-0.39, 0.29) is 5.56 Å². The van der Waals surface area contributed by atoms with Gasteiger partial charge in [0, 0.05) is 23.6 Å². The molecule has 26 heavy (non-hydrogen) atoms. The average molecular weight is 410 g/mol. The second-order valence-corrected chi connectivity index (χ2v) is 6.83. The number of aromatic nitrogens is 1. The van der Waals surface area contributed by atoms with Crippen molar-refractivity contribution in [2.24, 2.45) is 10.1 Å². The van der Waals surface area contributed by atoms with Crippen molar-refractivity contribution in [2.45, 2.75) is 0 Å². The zero-order valence-electron chi connectivity index (χ0n) is 13.4. The second kappa shape index (κ2) is 7.41. The van der Waals surface area contributed by atoms with Crippen molar-refractivity contribution < 1.29 is 15.3 Å². The van der Waals surface area contributed by atoms with E-state index in [2.05, 4.69) is 10.1 Å². The molecule has 9 heteroatoms.